The lowest BCUT2D eigenvalue weighted by atomic mass is 9.92. The van der Waals surface area contributed by atoms with Gasteiger partial charge in [0.15, 0.2) is 5.11 Å². The van der Waals surface area contributed by atoms with Gasteiger partial charge >= 0.3 is 0 Å². The largest absolute Gasteiger partial charge is 0.352 e. The number of nitrogens with zero attached hydrogens (tertiary/aromatic N) is 1. The number of rotatable bonds is 5. The Hall–Kier alpha value is -1.65. The number of allylic oxidation sites excluding steroid dienone is 1. The lowest BCUT2D eigenvalue weighted by Gasteiger charge is -2.39. The van der Waals surface area contributed by atoms with Crippen LogP contribution in [-0.2, 0) is 6.54 Å². The summed E-state index contributed by atoms with van der Waals surface area (Å²) in [5, 5.41) is 4.37. The monoisotopic (exact) mass is 414 g/mol. The molecule has 3 rings (SSSR count). The molecule has 0 fully saturated rings. The van der Waals surface area contributed by atoms with Gasteiger partial charge in [-0.05, 0) is 54.4 Å². The van der Waals surface area contributed by atoms with Crippen molar-refractivity contribution in [1.29, 1.82) is 0 Å². The van der Waals surface area contributed by atoms with E-state index in [-0.39, 0.29) is 6.04 Å². The summed E-state index contributed by atoms with van der Waals surface area (Å²) in [7, 11) is 0. The van der Waals surface area contributed by atoms with Crippen LogP contribution < -0.4 is 5.32 Å². The maximum absolute atomic E-state index is 5.72. The second kappa shape index (κ2) is 8.15. The predicted molar refractivity (Wildman–Crippen MR) is 112 cm³/mol. The van der Waals surface area contributed by atoms with Crippen LogP contribution in [0.1, 0.15) is 43.9 Å². The van der Waals surface area contributed by atoms with Crippen LogP contribution in [0.15, 0.2) is 70.3 Å². The molecule has 2 aromatic carbocycles. The summed E-state index contributed by atoms with van der Waals surface area (Å²) in [6.45, 7) is 5.23. The Morgan fingerprint density at radius 2 is 1.88 bits per heavy atom. The highest BCUT2D eigenvalue weighted by Crippen LogP contribution is 2.34. The molecule has 0 aliphatic carbocycles. The zero-order valence-electron chi connectivity index (χ0n) is 14.6. The average Bonchev–Trinajstić information content (AvgIpc) is 2.62. The van der Waals surface area contributed by atoms with Crippen molar-refractivity contribution in [1.82, 2.24) is 10.2 Å². The minimum atomic E-state index is 0.150. The minimum Gasteiger partial charge on any atom is -0.352 e. The van der Waals surface area contributed by atoms with Crippen LogP contribution in [0.25, 0.3) is 0 Å². The van der Waals surface area contributed by atoms with E-state index < -0.39 is 0 Å². The van der Waals surface area contributed by atoms with Crippen molar-refractivity contribution in [3.8, 4) is 0 Å². The molecule has 0 bridgehead atoms. The molecule has 2 aromatic rings. The molecular weight excluding hydrogens is 392 g/mol. The van der Waals surface area contributed by atoms with Crippen molar-refractivity contribution in [3.05, 3.63) is 81.5 Å². The molecule has 4 heteroatoms. The molecule has 0 unspecified atom stereocenters. The Labute approximate surface area is 164 Å². The van der Waals surface area contributed by atoms with Crippen molar-refractivity contribution >= 4 is 33.3 Å². The highest BCUT2D eigenvalue weighted by molar-refractivity contribution is 9.10. The number of benzene rings is 2. The van der Waals surface area contributed by atoms with Gasteiger partial charge in [-0.3, -0.25) is 0 Å². The topological polar surface area (TPSA) is 15.3 Å². The average molecular weight is 415 g/mol. The molecule has 130 valence electrons. The van der Waals surface area contributed by atoms with E-state index in [0.29, 0.717) is 0 Å². The lowest BCUT2D eigenvalue weighted by Crippen LogP contribution is -2.45. The highest BCUT2D eigenvalue weighted by atomic mass is 79.9. The van der Waals surface area contributed by atoms with Crippen molar-refractivity contribution in [3.63, 3.8) is 0 Å². The minimum absolute atomic E-state index is 0.150. The Bertz CT molecular complexity index is 785. The molecule has 0 aromatic heterocycles. The fourth-order valence-electron chi connectivity index (χ4n) is 3.34. The van der Waals surface area contributed by atoms with E-state index >= 15 is 0 Å². The number of nitrogens with one attached hydrogen (secondary N) is 1. The highest BCUT2D eigenvalue weighted by Gasteiger charge is 2.29. The fourth-order valence-corrected chi connectivity index (χ4v) is 4.08. The molecule has 1 aliphatic heterocycles. The van der Waals surface area contributed by atoms with Gasteiger partial charge in [0.2, 0.25) is 0 Å². The third kappa shape index (κ3) is 4.13. The van der Waals surface area contributed by atoms with Crippen molar-refractivity contribution in [2.45, 2.75) is 39.3 Å². The van der Waals surface area contributed by atoms with Gasteiger partial charge in [0, 0.05) is 16.7 Å². The molecule has 25 heavy (non-hydrogen) atoms. The Morgan fingerprint density at radius 3 is 2.56 bits per heavy atom. The van der Waals surface area contributed by atoms with E-state index in [2.05, 4.69) is 88.5 Å². The summed E-state index contributed by atoms with van der Waals surface area (Å²) in [5.74, 6) is 0. The summed E-state index contributed by atoms with van der Waals surface area (Å²) in [4.78, 5) is 2.23. The van der Waals surface area contributed by atoms with E-state index in [1.165, 1.54) is 22.4 Å². The van der Waals surface area contributed by atoms with E-state index in [1.807, 2.05) is 6.07 Å². The first-order valence-electron chi connectivity index (χ1n) is 8.67. The molecule has 1 heterocycles. The molecule has 1 aliphatic rings. The van der Waals surface area contributed by atoms with E-state index in [1.54, 1.807) is 0 Å². The van der Waals surface area contributed by atoms with Crippen LogP contribution >= 0.6 is 28.1 Å². The van der Waals surface area contributed by atoms with Crippen LogP contribution in [0, 0.1) is 0 Å². The van der Waals surface area contributed by atoms with Crippen LogP contribution in [0.3, 0.4) is 0 Å². The second-order valence-corrected chi connectivity index (χ2v) is 7.67. The van der Waals surface area contributed by atoms with E-state index in [0.717, 1.165) is 29.0 Å². The third-order valence-corrected chi connectivity index (χ3v) is 5.45. The zero-order chi connectivity index (χ0) is 17.8. The molecule has 1 N–H and O–H groups in total. The van der Waals surface area contributed by atoms with Crippen molar-refractivity contribution in [2.24, 2.45) is 0 Å². The normalized spacial score (nSPS) is 17.6. The van der Waals surface area contributed by atoms with Crippen LogP contribution in [0.4, 0.5) is 0 Å². The number of halogens is 1. The van der Waals surface area contributed by atoms with Gasteiger partial charge in [-0.25, -0.2) is 0 Å². The van der Waals surface area contributed by atoms with Gasteiger partial charge in [0.1, 0.15) is 0 Å². The lowest BCUT2D eigenvalue weighted by molar-refractivity contribution is 0.442. The first kappa shape index (κ1) is 18.2. The molecule has 0 radical (unpaired) electrons. The maximum Gasteiger partial charge on any atom is 0.174 e. The molecule has 2 nitrogen and oxygen atoms in total. The van der Waals surface area contributed by atoms with E-state index in [4.69, 9.17) is 12.2 Å². The van der Waals surface area contributed by atoms with Gasteiger partial charge in [-0.15, -0.1) is 0 Å². The molecule has 0 saturated carbocycles. The van der Waals surface area contributed by atoms with Crippen LogP contribution in [0.2, 0.25) is 0 Å². The van der Waals surface area contributed by atoms with Gasteiger partial charge in [-0.2, -0.15) is 0 Å². The van der Waals surface area contributed by atoms with E-state index in [9.17, 15) is 0 Å². The standard InChI is InChI=1S/C21H23BrN2S/c1-3-8-19-15(2)24(14-16-9-5-4-6-10-16)21(25)23-20(19)17-11-7-12-18(22)13-17/h4-7,9-13,20H,3,8,14H2,1-2H3,(H,23,25)/t20-/m0/s1. The summed E-state index contributed by atoms with van der Waals surface area (Å²) in [6.07, 6.45) is 2.18. The summed E-state index contributed by atoms with van der Waals surface area (Å²) >= 11 is 9.31. The number of thiocarbonyl (C=S) groups is 1. The van der Waals surface area contributed by atoms with Crippen molar-refractivity contribution in [2.75, 3.05) is 0 Å². The predicted octanol–water partition coefficient (Wildman–Crippen LogP) is 5.95. The van der Waals surface area contributed by atoms with Crippen LogP contribution in [0.5, 0.6) is 0 Å². The smallest absolute Gasteiger partial charge is 0.174 e. The number of hydrogen-bond donors (Lipinski definition) is 1. The Morgan fingerprint density at radius 1 is 1.12 bits per heavy atom. The molecule has 0 amide bonds. The van der Waals surface area contributed by atoms with Gasteiger partial charge < -0.3 is 10.2 Å². The van der Waals surface area contributed by atoms with Gasteiger partial charge in [0.25, 0.3) is 0 Å². The first-order valence-corrected chi connectivity index (χ1v) is 9.87. The zero-order valence-corrected chi connectivity index (χ0v) is 17.0. The molecule has 0 saturated heterocycles. The summed E-state index contributed by atoms with van der Waals surface area (Å²) in [6, 6.07) is 19.1. The number of hydrogen-bond acceptors (Lipinski definition) is 1. The van der Waals surface area contributed by atoms with Crippen LogP contribution in [-0.4, -0.2) is 10.0 Å². The first-order chi connectivity index (χ1) is 12.1. The molecule has 1 atom stereocenters. The quantitative estimate of drug-likeness (QED) is 0.607. The van der Waals surface area contributed by atoms with Crippen molar-refractivity contribution < 1.29 is 0 Å². The van der Waals surface area contributed by atoms with Gasteiger partial charge in [-0.1, -0.05) is 71.7 Å². The summed E-state index contributed by atoms with van der Waals surface area (Å²) in [5.41, 5.74) is 5.21. The third-order valence-electron chi connectivity index (χ3n) is 4.62. The molecular formula is C21H23BrN2S. The second-order valence-electron chi connectivity index (χ2n) is 6.37. The van der Waals surface area contributed by atoms with Gasteiger partial charge in [0.05, 0.1) is 6.04 Å². The Kier molecular flexibility index (Phi) is 5.92. The maximum atomic E-state index is 5.72. The molecule has 0 spiro atoms. The summed E-state index contributed by atoms with van der Waals surface area (Å²) < 4.78 is 1.10. The fraction of sp³-hybridized carbons (Fsp3) is 0.286. The Balaban J connectivity index is 1.96. The SMILES string of the molecule is CCCC1=C(C)N(Cc2ccccc2)C(=S)N[C@H]1c1cccc(Br)c1.